The Balaban J connectivity index is 2.08. The first-order valence-corrected chi connectivity index (χ1v) is 18.9. The summed E-state index contributed by atoms with van der Waals surface area (Å²) in [7, 11) is 0. The second kappa shape index (κ2) is 20.5. The number of carbonyl (C=O) groups excluding carboxylic acids is 3. The largest absolute Gasteiger partial charge is 0.460 e. The standard InChI is InChI=1S/C46H64O6/c1-11-12-13-24-43(50)52-32-38(25-26-41-36(5)27-39(47)29-44(41,7)8)23-17-21-34(3)19-15-14-18-33(2)20-16-22-35(4)42(49)31-46(51)37(6)28-40(48)30-45(46,9)10/h14-23,37,39,47,51H,11-13,24,27-32H2,1-10H3/b15-14+,20-16+,21-17+,33-18+,34-19+,35-22+,38-23-/t37-,39-,46-/m1/s1. The minimum atomic E-state index is -1.22. The molecular weight excluding hydrogens is 649 g/mol. The molecule has 2 N–H and O–H groups in total. The van der Waals surface area contributed by atoms with E-state index < -0.39 is 11.0 Å². The number of Topliss-reactive ketones (excluding diaryl/α,β-unsaturated/α-hetero) is 2. The monoisotopic (exact) mass is 712 g/mol. The number of allylic oxidation sites excluding steroid dienone is 14. The predicted octanol–water partition coefficient (Wildman–Crippen LogP) is 9.76. The van der Waals surface area contributed by atoms with E-state index >= 15 is 0 Å². The Morgan fingerprint density at radius 3 is 2.12 bits per heavy atom. The third-order valence-corrected chi connectivity index (χ3v) is 10.3. The highest BCUT2D eigenvalue weighted by molar-refractivity contribution is 5.96. The van der Waals surface area contributed by atoms with E-state index in [1.807, 2.05) is 96.2 Å². The number of ketones is 2. The molecule has 52 heavy (non-hydrogen) atoms. The van der Waals surface area contributed by atoms with E-state index in [1.54, 1.807) is 13.0 Å². The molecule has 2 rings (SSSR count). The Morgan fingerprint density at radius 1 is 0.923 bits per heavy atom. The van der Waals surface area contributed by atoms with Crippen LogP contribution < -0.4 is 0 Å². The maximum Gasteiger partial charge on any atom is 0.306 e. The molecular formula is C46H64O6. The summed E-state index contributed by atoms with van der Waals surface area (Å²) >= 11 is 0. The van der Waals surface area contributed by atoms with Crippen molar-refractivity contribution < 1.29 is 29.3 Å². The van der Waals surface area contributed by atoms with Gasteiger partial charge in [0.05, 0.1) is 11.7 Å². The Kier molecular flexibility index (Phi) is 17.5. The van der Waals surface area contributed by atoms with Crippen LogP contribution in [0.25, 0.3) is 0 Å². The summed E-state index contributed by atoms with van der Waals surface area (Å²) in [4.78, 5) is 37.4. The van der Waals surface area contributed by atoms with Crippen LogP contribution in [0.1, 0.15) is 127 Å². The van der Waals surface area contributed by atoms with E-state index in [9.17, 15) is 24.6 Å². The van der Waals surface area contributed by atoms with Crippen LogP contribution in [0.2, 0.25) is 0 Å². The van der Waals surface area contributed by atoms with E-state index in [4.69, 9.17) is 4.74 Å². The van der Waals surface area contributed by atoms with E-state index in [2.05, 4.69) is 32.6 Å². The molecule has 6 heteroatoms. The Bertz CT molecular complexity index is 1610. The molecule has 0 aromatic heterocycles. The van der Waals surface area contributed by atoms with Gasteiger partial charge in [0.15, 0.2) is 5.78 Å². The average Bonchev–Trinajstić information content (AvgIpc) is 3.03. The van der Waals surface area contributed by atoms with Crippen molar-refractivity contribution in [3.8, 4) is 11.8 Å². The van der Waals surface area contributed by atoms with Crippen LogP contribution in [0.5, 0.6) is 0 Å². The number of aliphatic hydroxyl groups is 2. The third kappa shape index (κ3) is 14.0. The van der Waals surface area contributed by atoms with Crippen molar-refractivity contribution in [2.75, 3.05) is 6.61 Å². The second-order valence-corrected chi connectivity index (χ2v) is 16.2. The molecule has 0 saturated heterocycles. The fourth-order valence-electron chi connectivity index (χ4n) is 7.06. The third-order valence-electron chi connectivity index (χ3n) is 10.3. The van der Waals surface area contributed by atoms with Crippen LogP contribution >= 0.6 is 0 Å². The minimum absolute atomic E-state index is 0.00147. The van der Waals surface area contributed by atoms with Gasteiger partial charge in [-0.1, -0.05) is 138 Å². The highest BCUT2D eigenvalue weighted by Gasteiger charge is 2.53. The highest BCUT2D eigenvalue weighted by Crippen LogP contribution is 2.48. The van der Waals surface area contributed by atoms with Gasteiger partial charge in [0.25, 0.3) is 0 Å². The van der Waals surface area contributed by atoms with Crippen molar-refractivity contribution in [2.24, 2.45) is 16.7 Å². The van der Waals surface area contributed by atoms with Gasteiger partial charge < -0.3 is 14.9 Å². The summed E-state index contributed by atoms with van der Waals surface area (Å²) in [6, 6.07) is 0. The number of carbonyl (C=O) groups is 3. The quantitative estimate of drug-likeness (QED) is 0.0577. The Labute approximate surface area is 314 Å². The number of hydrogen-bond donors (Lipinski definition) is 2. The number of aliphatic hydroxyl groups excluding tert-OH is 1. The summed E-state index contributed by atoms with van der Waals surface area (Å²) in [6.45, 7) is 19.8. The SMILES string of the molecule is CCCCCC(=O)OC\C(C#CC1=C(C)C[C@@H](O)CC1(C)C)=C/C=C/C(C)=C/C=C/C=C(C)/C=C/C=C(\C)C(=O)C[C@@]1(O)[C@H](C)CC(=O)CC1(C)C. The molecule has 6 nitrogen and oxygen atoms in total. The van der Waals surface area contributed by atoms with Crippen molar-refractivity contribution in [3.63, 3.8) is 0 Å². The molecule has 284 valence electrons. The number of esters is 1. The van der Waals surface area contributed by atoms with Gasteiger partial charge in [0, 0.05) is 47.7 Å². The molecule has 0 unspecified atom stereocenters. The zero-order valence-electron chi connectivity index (χ0n) is 33.5. The van der Waals surface area contributed by atoms with Gasteiger partial charge in [-0.25, -0.2) is 0 Å². The molecule has 0 heterocycles. The maximum absolute atomic E-state index is 13.0. The van der Waals surface area contributed by atoms with E-state index in [0.717, 1.165) is 41.6 Å². The molecule has 0 aromatic carbocycles. The van der Waals surface area contributed by atoms with Crippen molar-refractivity contribution in [3.05, 3.63) is 94.2 Å². The minimum Gasteiger partial charge on any atom is -0.460 e. The topological polar surface area (TPSA) is 101 Å². The van der Waals surface area contributed by atoms with Gasteiger partial charge in [0.1, 0.15) is 12.4 Å². The van der Waals surface area contributed by atoms with Gasteiger partial charge in [-0.15, -0.1) is 0 Å². The van der Waals surface area contributed by atoms with Crippen LogP contribution in [0.3, 0.4) is 0 Å². The zero-order valence-corrected chi connectivity index (χ0v) is 33.5. The summed E-state index contributed by atoms with van der Waals surface area (Å²) in [6.07, 6.45) is 24.0. The van der Waals surface area contributed by atoms with E-state index in [-0.39, 0.29) is 54.4 Å². The molecule has 0 amide bonds. The second-order valence-electron chi connectivity index (χ2n) is 16.2. The first kappa shape index (κ1) is 44.4. The summed E-state index contributed by atoms with van der Waals surface area (Å²) in [5.74, 6) is 6.13. The van der Waals surface area contributed by atoms with Gasteiger partial charge in [-0.3, -0.25) is 14.4 Å². The number of unbranched alkanes of at least 4 members (excludes halogenated alkanes) is 2. The normalized spacial score (nSPS) is 24.5. The van der Waals surface area contributed by atoms with Gasteiger partial charge in [0.2, 0.25) is 0 Å². The number of ether oxygens (including phenoxy) is 1. The van der Waals surface area contributed by atoms with Crippen molar-refractivity contribution in [1.82, 2.24) is 0 Å². The first-order chi connectivity index (χ1) is 24.3. The van der Waals surface area contributed by atoms with Gasteiger partial charge in [-0.2, -0.15) is 0 Å². The van der Waals surface area contributed by atoms with Crippen molar-refractivity contribution >= 4 is 17.5 Å². The van der Waals surface area contributed by atoms with Crippen LogP contribution in [0.15, 0.2) is 94.2 Å². The molecule has 1 fully saturated rings. The van der Waals surface area contributed by atoms with E-state index in [0.29, 0.717) is 36.8 Å². The molecule has 0 radical (unpaired) electrons. The van der Waals surface area contributed by atoms with Crippen molar-refractivity contribution in [2.45, 2.75) is 139 Å². The molecule has 0 aromatic rings. The average molecular weight is 713 g/mol. The fraction of sp³-hybridized carbons (Fsp3) is 0.543. The zero-order chi connectivity index (χ0) is 39.1. The molecule has 3 atom stereocenters. The molecule has 2 aliphatic carbocycles. The molecule has 0 bridgehead atoms. The number of hydrogen-bond acceptors (Lipinski definition) is 6. The smallest absolute Gasteiger partial charge is 0.306 e. The van der Waals surface area contributed by atoms with Gasteiger partial charge in [-0.05, 0) is 64.5 Å². The lowest BCUT2D eigenvalue weighted by molar-refractivity contribution is -0.162. The lowest BCUT2D eigenvalue weighted by atomic mass is 9.58. The Morgan fingerprint density at radius 2 is 1.54 bits per heavy atom. The van der Waals surface area contributed by atoms with Crippen LogP contribution in [0.4, 0.5) is 0 Å². The fourth-order valence-corrected chi connectivity index (χ4v) is 7.06. The predicted molar refractivity (Wildman–Crippen MR) is 213 cm³/mol. The summed E-state index contributed by atoms with van der Waals surface area (Å²) in [5.41, 5.74) is 3.33. The summed E-state index contributed by atoms with van der Waals surface area (Å²) < 4.78 is 5.57. The van der Waals surface area contributed by atoms with Crippen LogP contribution in [-0.4, -0.2) is 46.1 Å². The molecule has 0 spiro atoms. The molecule has 2 aliphatic rings. The lowest BCUT2D eigenvalue weighted by Crippen LogP contribution is -2.55. The first-order valence-electron chi connectivity index (χ1n) is 18.9. The lowest BCUT2D eigenvalue weighted by Gasteiger charge is -2.49. The van der Waals surface area contributed by atoms with Crippen molar-refractivity contribution in [1.29, 1.82) is 0 Å². The number of rotatable bonds is 15. The maximum atomic E-state index is 13.0. The highest BCUT2D eigenvalue weighted by atomic mass is 16.5. The van der Waals surface area contributed by atoms with Crippen LogP contribution in [0, 0.1) is 28.6 Å². The molecule has 0 aliphatic heterocycles. The summed E-state index contributed by atoms with van der Waals surface area (Å²) in [5, 5.41) is 21.7. The molecule has 1 saturated carbocycles. The Hall–Kier alpha value is -3.79. The van der Waals surface area contributed by atoms with Gasteiger partial charge >= 0.3 is 5.97 Å². The van der Waals surface area contributed by atoms with Crippen LogP contribution in [-0.2, 0) is 19.1 Å². The van der Waals surface area contributed by atoms with E-state index in [1.165, 1.54) is 0 Å².